The van der Waals surface area contributed by atoms with E-state index in [9.17, 15) is 23.2 Å². The van der Waals surface area contributed by atoms with Gasteiger partial charge < -0.3 is 14.4 Å². The van der Waals surface area contributed by atoms with Crippen molar-refractivity contribution in [1.82, 2.24) is 19.7 Å². The topological polar surface area (TPSA) is 93.3 Å². The minimum atomic E-state index is -4.60. The van der Waals surface area contributed by atoms with Crippen LogP contribution in [0.2, 0.25) is 0 Å². The Hall–Kier alpha value is -4.07. The van der Waals surface area contributed by atoms with Gasteiger partial charge in [0.1, 0.15) is 17.4 Å². The average molecular weight is 457 g/mol. The molecule has 33 heavy (non-hydrogen) atoms. The van der Waals surface area contributed by atoms with Crippen LogP contribution < -0.4 is 9.47 Å². The number of amides is 1. The third-order valence-corrected chi connectivity index (χ3v) is 5.06. The highest BCUT2D eigenvalue weighted by Crippen LogP contribution is 2.36. The van der Waals surface area contributed by atoms with Gasteiger partial charge in [-0.1, -0.05) is 0 Å². The normalized spacial score (nSPS) is 12.9. The lowest BCUT2D eigenvalue weighted by atomic mass is 10.1. The average Bonchev–Trinajstić information content (AvgIpc) is 3.35. The largest absolute Gasteiger partial charge is 0.494 e. The molecular formula is C22H18F3N5O3. The van der Waals surface area contributed by atoms with Gasteiger partial charge in [0.25, 0.3) is 5.91 Å². The Balaban J connectivity index is 1.63. The van der Waals surface area contributed by atoms with E-state index < -0.39 is 18.7 Å². The van der Waals surface area contributed by atoms with Crippen molar-refractivity contribution >= 4 is 5.91 Å². The Kier molecular flexibility index (Phi) is 5.68. The SMILES string of the molecule is COc1c(C#N)ccc(OCC(F)(F)F)c1C(=O)N1Cc2cn(-c3ccnc(C)c3)nc2C1. The summed E-state index contributed by atoms with van der Waals surface area (Å²) in [6.45, 7) is 0.615. The quantitative estimate of drug-likeness (QED) is 0.582. The molecule has 0 bridgehead atoms. The zero-order chi connectivity index (χ0) is 23.8. The predicted molar refractivity (Wildman–Crippen MR) is 109 cm³/mol. The van der Waals surface area contributed by atoms with Crippen LogP contribution in [0.3, 0.4) is 0 Å². The Morgan fingerprint density at radius 2 is 2.06 bits per heavy atom. The number of pyridine rings is 1. The molecule has 0 saturated heterocycles. The maximum Gasteiger partial charge on any atom is 0.422 e. The molecule has 0 unspecified atom stereocenters. The highest BCUT2D eigenvalue weighted by molar-refractivity contribution is 6.00. The molecule has 0 aliphatic carbocycles. The van der Waals surface area contributed by atoms with Gasteiger partial charge in [0.05, 0.1) is 30.6 Å². The third kappa shape index (κ3) is 4.45. The summed E-state index contributed by atoms with van der Waals surface area (Å²) in [5, 5.41) is 13.9. The van der Waals surface area contributed by atoms with Gasteiger partial charge in [-0.15, -0.1) is 0 Å². The molecule has 0 saturated carbocycles. The maximum atomic E-state index is 13.3. The Labute approximate surface area is 186 Å². The number of aryl methyl sites for hydroxylation is 1. The molecule has 0 N–H and O–H groups in total. The van der Waals surface area contributed by atoms with E-state index in [-0.39, 0.29) is 35.7 Å². The predicted octanol–water partition coefficient (Wildman–Crippen LogP) is 3.55. The molecule has 2 aromatic heterocycles. The number of nitriles is 1. The number of methoxy groups -OCH3 is 1. The molecule has 3 heterocycles. The second-order valence-corrected chi connectivity index (χ2v) is 7.40. The number of hydrogen-bond acceptors (Lipinski definition) is 6. The number of carbonyl (C=O) groups excluding carboxylic acids is 1. The summed E-state index contributed by atoms with van der Waals surface area (Å²) < 4.78 is 50.0. The third-order valence-electron chi connectivity index (χ3n) is 5.06. The Bertz CT molecular complexity index is 1240. The second-order valence-electron chi connectivity index (χ2n) is 7.40. The first-order valence-corrected chi connectivity index (χ1v) is 9.80. The number of carbonyl (C=O) groups is 1. The van der Waals surface area contributed by atoms with Gasteiger partial charge in [-0.2, -0.15) is 23.5 Å². The minimum Gasteiger partial charge on any atom is -0.494 e. The number of alkyl halides is 3. The van der Waals surface area contributed by atoms with E-state index >= 15 is 0 Å². The van der Waals surface area contributed by atoms with E-state index in [4.69, 9.17) is 9.47 Å². The van der Waals surface area contributed by atoms with E-state index in [1.807, 2.05) is 19.1 Å². The number of rotatable bonds is 5. The van der Waals surface area contributed by atoms with E-state index in [1.54, 1.807) is 23.1 Å². The van der Waals surface area contributed by atoms with Crippen LogP contribution in [0.1, 0.15) is 32.9 Å². The van der Waals surface area contributed by atoms with Gasteiger partial charge in [0.15, 0.2) is 12.4 Å². The summed E-state index contributed by atoms with van der Waals surface area (Å²) in [5.41, 5.74) is 2.88. The fourth-order valence-electron chi connectivity index (χ4n) is 3.61. The van der Waals surface area contributed by atoms with Gasteiger partial charge in [0, 0.05) is 30.2 Å². The lowest BCUT2D eigenvalue weighted by molar-refractivity contribution is -0.153. The molecule has 0 spiro atoms. The first-order chi connectivity index (χ1) is 15.7. The van der Waals surface area contributed by atoms with Crippen molar-refractivity contribution in [2.24, 2.45) is 0 Å². The van der Waals surface area contributed by atoms with Crippen molar-refractivity contribution in [2.75, 3.05) is 13.7 Å². The van der Waals surface area contributed by atoms with Gasteiger partial charge in [-0.05, 0) is 31.2 Å². The second kappa shape index (κ2) is 8.46. The molecule has 1 aliphatic rings. The highest BCUT2D eigenvalue weighted by atomic mass is 19.4. The number of halogens is 3. The fourth-order valence-corrected chi connectivity index (χ4v) is 3.61. The molecule has 0 fully saturated rings. The van der Waals surface area contributed by atoms with Crippen LogP contribution in [0, 0.1) is 18.3 Å². The molecule has 0 atom stereocenters. The number of benzene rings is 1. The van der Waals surface area contributed by atoms with E-state index in [2.05, 4.69) is 10.1 Å². The summed E-state index contributed by atoms with van der Waals surface area (Å²) in [5.74, 6) is -1.07. The lowest BCUT2D eigenvalue weighted by Gasteiger charge is -2.21. The zero-order valence-electron chi connectivity index (χ0n) is 17.7. The monoisotopic (exact) mass is 457 g/mol. The van der Waals surface area contributed by atoms with E-state index in [0.29, 0.717) is 5.69 Å². The van der Waals surface area contributed by atoms with Crippen molar-refractivity contribution in [3.8, 4) is 23.3 Å². The summed E-state index contributed by atoms with van der Waals surface area (Å²) >= 11 is 0. The zero-order valence-corrected chi connectivity index (χ0v) is 17.7. The van der Waals surface area contributed by atoms with Gasteiger partial charge in [-0.25, -0.2) is 4.68 Å². The summed E-state index contributed by atoms with van der Waals surface area (Å²) in [6, 6.07) is 7.97. The molecule has 1 amide bonds. The highest BCUT2D eigenvalue weighted by Gasteiger charge is 2.34. The molecule has 11 heteroatoms. The van der Waals surface area contributed by atoms with Crippen LogP contribution >= 0.6 is 0 Å². The van der Waals surface area contributed by atoms with Gasteiger partial charge in [0.2, 0.25) is 0 Å². The van der Waals surface area contributed by atoms with Crippen molar-refractivity contribution in [3.63, 3.8) is 0 Å². The molecule has 170 valence electrons. The van der Waals surface area contributed by atoms with Crippen molar-refractivity contribution in [2.45, 2.75) is 26.2 Å². The molecule has 1 aliphatic heterocycles. The van der Waals surface area contributed by atoms with Crippen LogP contribution in [0.5, 0.6) is 11.5 Å². The number of aromatic nitrogens is 3. The van der Waals surface area contributed by atoms with E-state index in [0.717, 1.165) is 16.9 Å². The summed E-state index contributed by atoms with van der Waals surface area (Å²) in [6.07, 6.45) is -1.13. The minimum absolute atomic E-state index is 0.00962. The fraction of sp³-hybridized carbons (Fsp3) is 0.273. The summed E-state index contributed by atoms with van der Waals surface area (Å²) in [4.78, 5) is 18.9. The van der Waals surface area contributed by atoms with Crippen molar-refractivity contribution in [1.29, 1.82) is 5.26 Å². The molecular weight excluding hydrogens is 439 g/mol. The number of hydrogen-bond donors (Lipinski definition) is 0. The van der Waals surface area contributed by atoms with Crippen molar-refractivity contribution < 1.29 is 27.4 Å². The number of fused-ring (bicyclic) bond motifs is 1. The van der Waals surface area contributed by atoms with Crippen LogP contribution in [-0.2, 0) is 13.1 Å². The first kappa shape index (κ1) is 22.1. The molecule has 4 rings (SSSR count). The van der Waals surface area contributed by atoms with Crippen LogP contribution in [-0.4, -0.2) is 45.5 Å². The molecule has 8 nitrogen and oxygen atoms in total. The first-order valence-electron chi connectivity index (χ1n) is 9.80. The molecule has 0 radical (unpaired) electrons. The van der Waals surface area contributed by atoms with E-state index in [1.165, 1.54) is 24.1 Å². The van der Waals surface area contributed by atoms with Gasteiger partial charge in [-0.3, -0.25) is 9.78 Å². The smallest absolute Gasteiger partial charge is 0.422 e. The Morgan fingerprint density at radius 3 is 2.70 bits per heavy atom. The molecule has 1 aromatic carbocycles. The van der Waals surface area contributed by atoms with Crippen molar-refractivity contribution in [3.05, 3.63) is 64.7 Å². The standard InChI is InChI=1S/C22H18F3N5O3/c1-13-7-16(5-6-27-13)30-10-15-9-29(11-17(15)28-30)21(31)19-18(33-12-22(23,24)25)4-3-14(8-26)20(19)32-2/h3-7,10H,9,11-12H2,1-2H3. The maximum absolute atomic E-state index is 13.3. The Morgan fingerprint density at radius 1 is 1.27 bits per heavy atom. The summed E-state index contributed by atoms with van der Waals surface area (Å²) in [7, 11) is 1.24. The number of nitrogens with zero attached hydrogens (tertiary/aromatic N) is 5. The lowest BCUT2D eigenvalue weighted by Crippen LogP contribution is -2.28. The molecule has 3 aromatic rings. The van der Waals surface area contributed by atoms with Gasteiger partial charge >= 0.3 is 6.18 Å². The van der Waals surface area contributed by atoms with Crippen LogP contribution in [0.25, 0.3) is 5.69 Å². The van der Waals surface area contributed by atoms with Crippen LogP contribution in [0.15, 0.2) is 36.7 Å². The van der Waals surface area contributed by atoms with Crippen LogP contribution in [0.4, 0.5) is 13.2 Å². The number of ether oxygens (including phenoxy) is 2.